The van der Waals surface area contributed by atoms with Crippen molar-refractivity contribution in [1.29, 1.82) is 5.26 Å². The Labute approximate surface area is 108 Å². The van der Waals surface area contributed by atoms with Crippen LogP contribution in [0.15, 0.2) is 22.7 Å². The molecule has 0 saturated carbocycles. The average Bonchev–Trinajstić information content (AvgIpc) is 2.26. The first-order chi connectivity index (χ1) is 7.88. The molecule has 0 spiro atoms. The van der Waals surface area contributed by atoms with Crippen LogP contribution in [0.25, 0.3) is 0 Å². The third-order valence-electron chi connectivity index (χ3n) is 2.43. The molecule has 0 aromatic heterocycles. The van der Waals surface area contributed by atoms with Gasteiger partial charge in [-0.25, -0.2) is 0 Å². The number of nitrogens with zero attached hydrogens (tertiary/aromatic N) is 1. The number of anilines is 1. The van der Waals surface area contributed by atoms with Gasteiger partial charge in [0.2, 0.25) is 0 Å². The number of nitrogens with one attached hydrogen (secondary N) is 1. The zero-order valence-electron chi connectivity index (χ0n) is 9.62. The Kier molecular flexibility index (Phi) is 4.13. The molecule has 0 aliphatic heterocycles. The molecular formula is C12H13BrN2O2. The van der Waals surface area contributed by atoms with Crippen molar-refractivity contribution in [2.45, 2.75) is 13.8 Å². The van der Waals surface area contributed by atoms with E-state index in [2.05, 4.69) is 27.3 Å². The summed E-state index contributed by atoms with van der Waals surface area (Å²) in [6, 6.07) is 7.39. The van der Waals surface area contributed by atoms with Crippen LogP contribution < -0.4 is 5.32 Å². The molecule has 0 unspecified atom stereocenters. The molecule has 0 amide bonds. The summed E-state index contributed by atoms with van der Waals surface area (Å²) in [5.41, 5.74) is 0.236. The minimum absolute atomic E-state index is 0.257. The van der Waals surface area contributed by atoms with Crippen molar-refractivity contribution in [3.05, 3.63) is 28.2 Å². The second kappa shape index (κ2) is 5.19. The number of aliphatic carboxylic acids is 1. The summed E-state index contributed by atoms with van der Waals surface area (Å²) in [6.07, 6.45) is 0. The van der Waals surface area contributed by atoms with E-state index < -0.39 is 11.4 Å². The lowest BCUT2D eigenvalue weighted by atomic mass is 9.93. The number of carboxylic acid groups (broad SMARTS) is 1. The number of hydrogen-bond donors (Lipinski definition) is 2. The molecule has 4 nitrogen and oxygen atoms in total. The van der Waals surface area contributed by atoms with Crippen LogP contribution in [0.5, 0.6) is 0 Å². The van der Waals surface area contributed by atoms with E-state index in [0.717, 1.165) is 0 Å². The molecule has 0 bridgehead atoms. The molecular weight excluding hydrogens is 284 g/mol. The molecule has 0 fully saturated rings. The zero-order valence-corrected chi connectivity index (χ0v) is 11.2. The maximum atomic E-state index is 10.9. The zero-order chi connectivity index (χ0) is 13.1. The third kappa shape index (κ3) is 3.21. The van der Waals surface area contributed by atoms with Gasteiger partial charge in [-0.2, -0.15) is 5.26 Å². The van der Waals surface area contributed by atoms with E-state index in [1.165, 1.54) is 0 Å². The number of rotatable bonds is 4. The predicted octanol–water partition coefficient (Wildman–Crippen LogP) is 2.84. The fourth-order valence-electron chi connectivity index (χ4n) is 1.18. The first kappa shape index (κ1) is 13.5. The number of hydrogen-bond acceptors (Lipinski definition) is 3. The highest BCUT2D eigenvalue weighted by Gasteiger charge is 2.27. The van der Waals surface area contributed by atoms with Gasteiger partial charge < -0.3 is 10.4 Å². The SMILES string of the molecule is CC(C)(CNc1cccc(Br)c1C#N)C(=O)O. The Balaban J connectivity index is 2.88. The summed E-state index contributed by atoms with van der Waals surface area (Å²) in [7, 11) is 0. The molecule has 0 aliphatic carbocycles. The van der Waals surface area contributed by atoms with E-state index >= 15 is 0 Å². The smallest absolute Gasteiger partial charge is 0.310 e. The topological polar surface area (TPSA) is 73.1 Å². The summed E-state index contributed by atoms with van der Waals surface area (Å²) >= 11 is 3.28. The normalized spacial score (nSPS) is 10.7. The summed E-state index contributed by atoms with van der Waals surface area (Å²) in [5.74, 6) is -0.876. The minimum atomic E-state index is -0.880. The van der Waals surface area contributed by atoms with Crippen molar-refractivity contribution in [2.75, 3.05) is 11.9 Å². The largest absolute Gasteiger partial charge is 0.481 e. The van der Waals surface area contributed by atoms with Gasteiger partial charge in [-0.15, -0.1) is 0 Å². The number of carboxylic acids is 1. The predicted molar refractivity (Wildman–Crippen MR) is 68.8 cm³/mol. The van der Waals surface area contributed by atoms with Crippen molar-refractivity contribution in [3.63, 3.8) is 0 Å². The number of benzene rings is 1. The van der Waals surface area contributed by atoms with Crippen molar-refractivity contribution < 1.29 is 9.90 Å². The third-order valence-corrected chi connectivity index (χ3v) is 3.09. The van der Waals surface area contributed by atoms with Gasteiger partial charge in [0.05, 0.1) is 16.7 Å². The molecule has 1 aromatic carbocycles. The van der Waals surface area contributed by atoms with Crippen LogP contribution in [-0.2, 0) is 4.79 Å². The Bertz CT molecular complexity index is 478. The van der Waals surface area contributed by atoms with Crippen LogP contribution in [0.3, 0.4) is 0 Å². The van der Waals surface area contributed by atoms with Crippen LogP contribution >= 0.6 is 15.9 Å². The van der Waals surface area contributed by atoms with Crippen LogP contribution in [0.4, 0.5) is 5.69 Å². The highest BCUT2D eigenvalue weighted by molar-refractivity contribution is 9.10. The van der Waals surface area contributed by atoms with E-state index in [1.54, 1.807) is 32.0 Å². The Morgan fingerprint density at radius 1 is 1.59 bits per heavy atom. The maximum Gasteiger partial charge on any atom is 0.310 e. The van der Waals surface area contributed by atoms with Crippen molar-refractivity contribution in [1.82, 2.24) is 0 Å². The summed E-state index contributed by atoms with van der Waals surface area (Å²) in [6.45, 7) is 3.52. The van der Waals surface area contributed by atoms with Crippen molar-refractivity contribution in [2.24, 2.45) is 5.41 Å². The number of carbonyl (C=O) groups is 1. The molecule has 0 atom stereocenters. The van der Waals surface area contributed by atoms with E-state index in [9.17, 15) is 4.79 Å². The van der Waals surface area contributed by atoms with Crippen LogP contribution in [0, 0.1) is 16.7 Å². The second-order valence-electron chi connectivity index (χ2n) is 4.32. The molecule has 90 valence electrons. The van der Waals surface area contributed by atoms with Gasteiger partial charge in [0.15, 0.2) is 0 Å². The lowest BCUT2D eigenvalue weighted by Gasteiger charge is -2.20. The minimum Gasteiger partial charge on any atom is -0.481 e. The lowest BCUT2D eigenvalue weighted by molar-refractivity contribution is -0.146. The van der Waals surface area contributed by atoms with Gasteiger partial charge in [0, 0.05) is 11.0 Å². The second-order valence-corrected chi connectivity index (χ2v) is 5.17. The molecule has 0 aliphatic rings. The van der Waals surface area contributed by atoms with Crippen LogP contribution in [-0.4, -0.2) is 17.6 Å². The van der Waals surface area contributed by atoms with Gasteiger partial charge in [0.1, 0.15) is 6.07 Å². The molecule has 0 radical (unpaired) electrons. The summed E-state index contributed by atoms with van der Waals surface area (Å²) < 4.78 is 0.693. The van der Waals surface area contributed by atoms with Gasteiger partial charge in [0.25, 0.3) is 0 Å². The average molecular weight is 297 g/mol. The lowest BCUT2D eigenvalue weighted by Crippen LogP contribution is -2.31. The highest BCUT2D eigenvalue weighted by Crippen LogP contribution is 2.25. The molecule has 0 saturated heterocycles. The fraction of sp³-hybridized carbons (Fsp3) is 0.333. The molecule has 5 heteroatoms. The van der Waals surface area contributed by atoms with E-state index in [0.29, 0.717) is 15.7 Å². The van der Waals surface area contributed by atoms with E-state index in [-0.39, 0.29) is 6.54 Å². The van der Waals surface area contributed by atoms with Crippen molar-refractivity contribution >= 4 is 27.6 Å². The number of nitriles is 1. The summed E-state index contributed by atoms with van der Waals surface area (Å²) in [5, 5.41) is 21.0. The van der Waals surface area contributed by atoms with Crippen molar-refractivity contribution in [3.8, 4) is 6.07 Å². The highest BCUT2D eigenvalue weighted by atomic mass is 79.9. The van der Waals surface area contributed by atoms with Crippen LogP contribution in [0.1, 0.15) is 19.4 Å². The molecule has 17 heavy (non-hydrogen) atoms. The molecule has 1 aromatic rings. The monoisotopic (exact) mass is 296 g/mol. The molecule has 1 rings (SSSR count). The number of halogens is 1. The Hall–Kier alpha value is -1.54. The van der Waals surface area contributed by atoms with Gasteiger partial charge in [-0.3, -0.25) is 4.79 Å². The van der Waals surface area contributed by atoms with Gasteiger partial charge >= 0.3 is 5.97 Å². The van der Waals surface area contributed by atoms with Gasteiger partial charge in [-0.1, -0.05) is 6.07 Å². The Morgan fingerprint density at radius 3 is 2.76 bits per heavy atom. The van der Waals surface area contributed by atoms with E-state index in [4.69, 9.17) is 10.4 Å². The fourth-order valence-corrected chi connectivity index (χ4v) is 1.63. The Morgan fingerprint density at radius 2 is 2.24 bits per heavy atom. The first-order valence-corrected chi connectivity index (χ1v) is 5.83. The molecule has 0 heterocycles. The maximum absolute atomic E-state index is 10.9. The quantitative estimate of drug-likeness (QED) is 0.896. The van der Waals surface area contributed by atoms with Crippen LogP contribution in [0.2, 0.25) is 0 Å². The molecule has 2 N–H and O–H groups in total. The van der Waals surface area contributed by atoms with Gasteiger partial charge in [-0.05, 0) is 41.9 Å². The first-order valence-electron chi connectivity index (χ1n) is 5.04. The summed E-state index contributed by atoms with van der Waals surface area (Å²) in [4.78, 5) is 10.9. The van der Waals surface area contributed by atoms with E-state index in [1.807, 2.05) is 0 Å². The standard InChI is InChI=1S/C12H13BrN2O2/c1-12(2,11(16)17)7-15-10-5-3-4-9(13)8(10)6-14/h3-5,15H,7H2,1-2H3,(H,16,17).